The van der Waals surface area contributed by atoms with E-state index in [1.54, 1.807) is 0 Å². The van der Waals surface area contributed by atoms with Gasteiger partial charge >= 0.3 is 17.9 Å². The van der Waals surface area contributed by atoms with Crippen LogP contribution in [0.5, 0.6) is 0 Å². The van der Waals surface area contributed by atoms with Gasteiger partial charge in [-0.2, -0.15) is 0 Å². The monoisotopic (exact) mass is 258 g/mol. The minimum Gasteiger partial charge on any atom is -0.466 e. The van der Waals surface area contributed by atoms with Gasteiger partial charge in [-0.05, 0) is 19.8 Å². The minimum atomic E-state index is -0.800. The van der Waals surface area contributed by atoms with E-state index in [-0.39, 0.29) is 30.8 Å². The second-order valence-corrected chi connectivity index (χ2v) is 3.68. The molecule has 102 valence electrons. The molecule has 0 bridgehead atoms. The van der Waals surface area contributed by atoms with Crippen molar-refractivity contribution in [1.82, 2.24) is 0 Å². The molecule has 0 saturated carbocycles. The maximum atomic E-state index is 11.1. The second kappa shape index (κ2) is 9.21. The molecule has 6 nitrogen and oxygen atoms in total. The first-order chi connectivity index (χ1) is 8.47. The maximum absolute atomic E-state index is 11.1. The number of ether oxygens (including phenoxy) is 1. The van der Waals surface area contributed by atoms with Crippen LogP contribution in [0.4, 0.5) is 0 Å². The molecular weight excluding hydrogens is 240 g/mol. The summed E-state index contributed by atoms with van der Waals surface area (Å²) in [5.74, 6) is -1.87. The third-order valence-electron chi connectivity index (χ3n) is 1.79. The van der Waals surface area contributed by atoms with Crippen LogP contribution in [0.2, 0.25) is 0 Å². The van der Waals surface area contributed by atoms with Crippen molar-refractivity contribution >= 4 is 17.9 Å². The summed E-state index contributed by atoms with van der Waals surface area (Å²) in [6, 6.07) is 0. The van der Waals surface area contributed by atoms with Crippen LogP contribution in [0.1, 0.15) is 39.5 Å². The Morgan fingerprint density at radius 3 is 2.22 bits per heavy atom. The van der Waals surface area contributed by atoms with E-state index in [1.807, 2.05) is 6.92 Å². The maximum Gasteiger partial charge on any atom is 0.381 e. The average Bonchev–Trinajstić information content (AvgIpc) is 2.33. The SMILES string of the molecule is C=C(C)C(=O)OOC(=O)CCCC(=O)OCCC. The van der Waals surface area contributed by atoms with Gasteiger partial charge in [0.15, 0.2) is 0 Å². The molecule has 0 heterocycles. The van der Waals surface area contributed by atoms with E-state index in [0.29, 0.717) is 6.61 Å². The minimum absolute atomic E-state index is 0.0231. The Labute approximate surface area is 106 Å². The van der Waals surface area contributed by atoms with Crippen molar-refractivity contribution in [2.75, 3.05) is 6.61 Å². The highest BCUT2D eigenvalue weighted by molar-refractivity contribution is 5.87. The van der Waals surface area contributed by atoms with Gasteiger partial charge in [0, 0.05) is 12.0 Å². The molecular formula is C12H18O6. The van der Waals surface area contributed by atoms with Crippen molar-refractivity contribution in [3.8, 4) is 0 Å². The fraction of sp³-hybridized carbons (Fsp3) is 0.583. The zero-order chi connectivity index (χ0) is 14.0. The molecule has 6 heteroatoms. The summed E-state index contributed by atoms with van der Waals surface area (Å²) in [5.41, 5.74) is 0.131. The average molecular weight is 258 g/mol. The molecule has 0 aromatic rings. The lowest BCUT2D eigenvalue weighted by Crippen LogP contribution is -2.12. The largest absolute Gasteiger partial charge is 0.466 e. The zero-order valence-electron chi connectivity index (χ0n) is 10.7. The van der Waals surface area contributed by atoms with E-state index >= 15 is 0 Å². The molecule has 0 radical (unpaired) electrons. The van der Waals surface area contributed by atoms with Crippen LogP contribution < -0.4 is 0 Å². The Balaban J connectivity index is 3.62. The molecule has 18 heavy (non-hydrogen) atoms. The molecule has 0 atom stereocenters. The first-order valence-corrected chi connectivity index (χ1v) is 5.70. The Morgan fingerprint density at radius 1 is 1.06 bits per heavy atom. The van der Waals surface area contributed by atoms with E-state index in [0.717, 1.165) is 6.42 Å². The van der Waals surface area contributed by atoms with Gasteiger partial charge in [0.2, 0.25) is 0 Å². The van der Waals surface area contributed by atoms with Crippen molar-refractivity contribution in [1.29, 1.82) is 0 Å². The number of carbonyl (C=O) groups is 3. The summed E-state index contributed by atoms with van der Waals surface area (Å²) < 4.78 is 4.81. The van der Waals surface area contributed by atoms with Gasteiger partial charge in [-0.1, -0.05) is 13.5 Å². The number of hydrogen-bond donors (Lipinski definition) is 0. The second-order valence-electron chi connectivity index (χ2n) is 3.68. The Morgan fingerprint density at radius 2 is 1.67 bits per heavy atom. The Bertz CT molecular complexity index is 321. The van der Waals surface area contributed by atoms with Crippen LogP contribution >= 0.6 is 0 Å². The molecule has 0 unspecified atom stereocenters. The van der Waals surface area contributed by atoms with E-state index in [2.05, 4.69) is 16.4 Å². The van der Waals surface area contributed by atoms with Gasteiger partial charge in [-0.3, -0.25) is 4.79 Å². The molecule has 0 rings (SSSR count). The third kappa shape index (κ3) is 8.32. The lowest BCUT2D eigenvalue weighted by atomic mass is 10.2. The van der Waals surface area contributed by atoms with E-state index in [1.165, 1.54) is 6.92 Å². The van der Waals surface area contributed by atoms with Gasteiger partial charge in [0.1, 0.15) is 0 Å². The topological polar surface area (TPSA) is 78.9 Å². The fourth-order valence-electron chi connectivity index (χ4n) is 0.862. The summed E-state index contributed by atoms with van der Waals surface area (Å²) in [4.78, 5) is 41.4. The van der Waals surface area contributed by atoms with Gasteiger partial charge in [-0.15, -0.1) is 0 Å². The Kier molecular flexibility index (Phi) is 8.26. The highest BCUT2D eigenvalue weighted by Gasteiger charge is 2.11. The lowest BCUT2D eigenvalue weighted by Gasteiger charge is -2.03. The first kappa shape index (κ1) is 16.1. The standard InChI is InChI=1S/C12H18O6/c1-4-8-16-10(13)6-5-7-11(14)17-18-12(15)9(2)3/h2,4-8H2,1,3H3. The van der Waals surface area contributed by atoms with Crippen LogP contribution in [0, 0.1) is 0 Å². The van der Waals surface area contributed by atoms with Crippen LogP contribution in [-0.2, 0) is 28.9 Å². The summed E-state index contributed by atoms with van der Waals surface area (Å²) in [6.45, 7) is 7.01. The quantitative estimate of drug-likeness (QED) is 0.299. The Hall–Kier alpha value is -1.85. The summed E-state index contributed by atoms with van der Waals surface area (Å²) >= 11 is 0. The van der Waals surface area contributed by atoms with Crippen molar-refractivity contribution in [2.24, 2.45) is 0 Å². The van der Waals surface area contributed by atoms with Crippen molar-refractivity contribution < 1.29 is 28.9 Å². The molecule has 0 fully saturated rings. The molecule has 0 spiro atoms. The number of rotatable bonds is 7. The molecule has 0 aliphatic rings. The zero-order valence-corrected chi connectivity index (χ0v) is 10.7. The molecule has 0 N–H and O–H groups in total. The highest BCUT2D eigenvalue weighted by atomic mass is 17.2. The predicted octanol–water partition coefficient (Wildman–Crippen LogP) is 1.69. The molecule has 0 aromatic heterocycles. The van der Waals surface area contributed by atoms with Crippen LogP contribution in [0.3, 0.4) is 0 Å². The van der Waals surface area contributed by atoms with Crippen LogP contribution in [0.15, 0.2) is 12.2 Å². The van der Waals surface area contributed by atoms with Gasteiger partial charge in [-0.25, -0.2) is 19.4 Å². The fourth-order valence-corrected chi connectivity index (χ4v) is 0.862. The first-order valence-electron chi connectivity index (χ1n) is 5.70. The summed E-state index contributed by atoms with van der Waals surface area (Å²) in [5, 5.41) is 0. The number of hydrogen-bond acceptors (Lipinski definition) is 6. The predicted molar refractivity (Wildman–Crippen MR) is 62.1 cm³/mol. The van der Waals surface area contributed by atoms with E-state index in [4.69, 9.17) is 4.74 Å². The van der Waals surface area contributed by atoms with E-state index < -0.39 is 11.9 Å². The third-order valence-corrected chi connectivity index (χ3v) is 1.79. The molecule has 0 saturated heterocycles. The van der Waals surface area contributed by atoms with Gasteiger partial charge < -0.3 is 4.74 Å². The van der Waals surface area contributed by atoms with Gasteiger partial charge in [0.05, 0.1) is 13.0 Å². The van der Waals surface area contributed by atoms with Crippen molar-refractivity contribution in [2.45, 2.75) is 39.5 Å². The number of carbonyl (C=O) groups excluding carboxylic acids is 3. The van der Waals surface area contributed by atoms with Crippen LogP contribution in [-0.4, -0.2) is 24.5 Å². The summed E-state index contributed by atoms with van der Waals surface area (Å²) in [7, 11) is 0. The molecule has 0 aliphatic carbocycles. The smallest absolute Gasteiger partial charge is 0.381 e. The van der Waals surface area contributed by atoms with Crippen molar-refractivity contribution in [3.63, 3.8) is 0 Å². The molecule has 0 aromatic carbocycles. The molecule has 0 amide bonds. The van der Waals surface area contributed by atoms with E-state index in [9.17, 15) is 14.4 Å². The van der Waals surface area contributed by atoms with Crippen molar-refractivity contribution in [3.05, 3.63) is 12.2 Å². The summed E-state index contributed by atoms with van der Waals surface area (Å²) in [6.07, 6.45) is 1.14. The van der Waals surface area contributed by atoms with Gasteiger partial charge in [0.25, 0.3) is 0 Å². The number of esters is 1. The normalized spacial score (nSPS) is 9.44. The molecule has 0 aliphatic heterocycles. The lowest BCUT2D eigenvalue weighted by molar-refractivity contribution is -0.255. The van der Waals surface area contributed by atoms with Crippen LogP contribution in [0.25, 0.3) is 0 Å². The highest BCUT2D eigenvalue weighted by Crippen LogP contribution is 2.02.